The molecular weight excluding hydrogens is 348 g/mol. The van der Waals surface area contributed by atoms with Crippen LogP contribution in [-0.4, -0.2) is 5.78 Å². The Morgan fingerprint density at radius 2 is 1.89 bits per heavy atom. The van der Waals surface area contributed by atoms with Gasteiger partial charge in [0.1, 0.15) is 11.5 Å². The lowest BCUT2D eigenvalue weighted by Gasteiger charge is -2.18. The highest BCUT2D eigenvalue weighted by Gasteiger charge is 2.21. The Morgan fingerprint density at radius 1 is 1.15 bits per heavy atom. The van der Waals surface area contributed by atoms with Crippen LogP contribution in [0, 0.1) is 23.0 Å². The molecule has 2 aromatic carbocycles. The van der Waals surface area contributed by atoms with E-state index in [0.29, 0.717) is 37.0 Å². The average molecular weight is 371 g/mol. The van der Waals surface area contributed by atoms with Gasteiger partial charge in [-0.1, -0.05) is 31.2 Å². The molecule has 0 spiro atoms. The molecule has 0 fully saturated rings. The maximum atomic E-state index is 14.9. The van der Waals surface area contributed by atoms with Gasteiger partial charge in [-0.15, -0.1) is 0 Å². The zero-order chi connectivity index (χ0) is 19.6. The molecule has 0 aliphatic rings. The molecule has 0 unspecified atom stereocenters. The Balaban J connectivity index is 2.10. The van der Waals surface area contributed by atoms with E-state index in [4.69, 9.17) is 10.00 Å². The summed E-state index contributed by atoms with van der Waals surface area (Å²) >= 11 is 0. The van der Waals surface area contributed by atoms with Crippen molar-refractivity contribution in [3.8, 4) is 17.6 Å². The molecule has 2 rings (SSSR count). The van der Waals surface area contributed by atoms with E-state index >= 15 is 0 Å². The number of nitrogens with zero attached hydrogens (tertiary/aromatic N) is 1. The second-order valence-electron chi connectivity index (χ2n) is 6.39. The monoisotopic (exact) mass is 371 g/mol. The number of hydrogen-bond donors (Lipinski definition) is 0. The molecule has 2 aromatic rings. The number of halogens is 2. The van der Waals surface area contributed by atoms with Gasteiger partial charge >= 0.3 is 0 Å². The summed E-state index contributed by atoms with van der Waals surface area (Å²) in [4.78, 5) is 11.7. The van der Waals surface area contributed by atoms with Crippen molar-refractivity contribution in [3.63, 3.8) is 0 Å². The molecule has 0 heterocycles. The lowest BCUT2D eigenvalue weighted by molar-refractivity contribution is -0.119. The summed E-state index contributed by atoms with van der Waals surface area (Å²) < 4.78 is 34.5. The Kier molecular flexibility index (Phi) is 7.94. The molecule has 0 bridgehead atoms. The topological polar surface area (TPSA) is 50.1 Å². The molecule has 5 heteroatoms. The molecular formula is C22H23F2NO2. The lowest BCUT2D eigenvalue weighted by Crippen LogP contribution is -2.05. The van der Waals surface area contributed by atoms with Crippen molar-refractivity contribution in [1.82, 2.24) is 0 Å². The molecule has 0 amide bonds. The Morgan fingerprint density at radius 3 is 2.56 bits per heavy atom. The first-order chi connectivity index (χ1) is 13.1. The second-order valence-corrected chi connectivity index (χ2v) is 6.39. The van der Waals surface area contributed by atoms with Gasteiger partial charge in [-0.05, 0) is 48.9 Å². The number of para-hydroxylation sites is 1. The van der Waals surface area contributed by atoms with Gasteiger partial charge in [0.2, 0.25) is 0 Å². The molecule has 0 saturated heterocycles. The predicted octanol–water partition coefficient (Wildman–Crippen LogP) is 6.29. The van der Waals surface area contributed by atoms with Crippen molar-refractivity contribution in [2.75, 3.05) is 0 Å². The van der Waals surface area contributed by atoms with E-state index in [1.54, 1.807) is 30.3 Å². The van der Waals surface area contributed by atoms with Crippen molar-refractivity contribution >= 4 is 5.78 Å². The van der Waals surface area contributed by atoms with Crippen molar-refractivity contribution in [2.24, 2.45) is 0 Å². The summed E-state index contributed by atoms with van der Waals surface area (Å²) in [7, 11) is 0. The van der Waals surface area contributed by atoms with Gasteiger partial charge in [0, 0.05) is 19.3 Å². The van der Waals surface area contributed by atoms with E-state index in [2.05, 4.69) is 0 Å². The summed E-state index contributed by atoms with van der Waals surface area (Å²) in [6.45, 7) is 1.93. The SMILES string of the molecule is CC[C@H](CCCC(=O)CCC#N)c1ccc(F)c(Oc2ccccc2)c1F. The van der Waals surface area contributed by atoms with Crippen molar-refractivity contribution in [2.45, 2.75) is 51.4 Å². The van der Waals surface area contributed by atoms with Crippen LogP contribution in [0.15, 0.2) is 42.5 Å². The molecule has 0 aliphatic heterocycles. The van der Waals surface area contributed by atoms with E-state index in [1.807, 2.05) is 13.0 Å². The first kappa shape index (κ1) is 20.6. The highest BCUT2D eigenvalue weighted by molar-refractivity contribution is 5.78. The molecule has 0 radical (unpaired) electrons. The zero-order valence-corrected chi connectivity index (χ0v) is 15.4. The smallest absolute Gasteiger partial charge is 0.198 e. The lowest BCUT2D eigenvalue weighted by atomic mass is 9.90. The quantitative estimate of drug-likeness (QED) is 0.493. The molecule has 0 N–H and O–H groups in total. The first-order valence-corrected chi connectivity index (χ1v) is 9.16. The summed E-state index contributed by atoms with van der Waals surface area (Å²) in [6, 6.07) is 13.1. The van der Waals surface area contributed by atoms with Crippen LogP contribution in [0.4, 0.5) is 8.78 Å². The number of Topliss-reactive ketones (excluding diaryl/α,β-unsaturated/α-hetero) is 1. The summed E-state index contributed by atoms with van der Waals surface area (Å²) in [5.41, 5.74) is 0.398. The third kappa shape index (κ3) is 5.89. The van der Waals surface area contributed by atoms with Gasteiger partial charge in [-0.3, -0.25) is 4.79 Å². The molecule has 0 aromatic heterocycles. The Bertz CT molecular complexity index is 800. The van der Waals surface area contributed by atoms with Crippen LogP contribution in [0.1, 0.15) is 56.9 Å². The van der Waals surface area contributed by atoms with Crippen molar-refractivity contribution in [3.05, 3.63) is 59.7 Å². The first-order valence-electron chi connectivity index (χ1n) is 9.16. The predicted molar refractivity (Wildman–Crippen MR) is 99.6 cm³/mol. The minimum Gasteiger partial charge on any atom is -0.451 e. The number of carbonyl (C=O) groups is 1. The van der Waals surface area contributed by atoms with Gasteiger partial charge < -0.3 is 4.74 Å². The van der Waals surface area contributed by atoms with E-state index < -0.39 is 17.4 Å². The number of ketones is 1. The van der Waals surface area contributed by atoms with E-state index in [9.17, 15) is 13.6 Å². The van der Waals surface area contributed by atoms with Gasteiger partial charge in [-0.2, -0.15) is 5.26 Å². The van der Waals surface area contributed by atoms with Gasteiger partial charge in [0.25, 0.3) is 0 Å². The highest BCUT2D eigenvalue weighted by atomic mass is 19.1. The van der Waals surface area contributed by atoms with Gasteiger partial charge in [0.15, 0.2) is 17.4 Å². The number of benzene rings is 2. The third-order valence-electron chi connectivity index (χ3n) is 4.50. The van der Waals surface area contributed by atoms with Crippen molar-refractivity contribution < 1.29 is 18.3 Å². The maximum Gasteiger partial charge on any atom is 0.198 e. The number of ether oxygens (including phenoxy) is 1. The summed E-state index contributed by atoms with van der Waals surface area (Å²) in [5.74, 6) is -1.57. The third-order valence-corrected chi connectivity index (χ3v) is 4.50. The fraction of sp³-hybridized carbons (Fsp3) is 0.364. The number of carbonyl (C=O) groups excluding carboxylic acids is 1. The van der Waals surface area contributed by atoms with Crippen LogP contribution >= 0.6 is 0 Å². The van der Waals surface area contributed by atoms with Crippen LogP contribution in [0.5, 0.6) is 11.5 Å². The molecule has 3 nitrogen and oxygen atoms in total. The Hall–Kier alpha value is -2.74. The van der Waals surface area contributed by atoms with Crippen LogP contribution in [0.3, 0.4) is 0 Å². The van der Waals surface area contributed by atoms with Crippen LogP contribution < -0.4 is 4.74 Å². The molecule has 1 atom stereocenters. The van der Waals surface area contributed by atoms with Crippen LogP contribution in [0.25, 0.3) is 0 Å². The Labute approximate surface area is 158 Å². The minimum atomic E-state index is -0.748. The highest BCUT2D eigenvalue weighted by Crippen LogP contribution is 2.35. The zero-order valence-electron chi connectivity index (χ0n) is 15.4. The van der Waals surface area contributed by atoms with Gasteiger partial charge in [-0.25, -0.2) is 8.78 Å². The van der Waals surface area contributed by atoms with Crippen molar-refractivity contribution in [1.29, 1.82) is 5.26 Å². The molecule has 0 aliphatic carbocycles. The number of nitriles is 1. The van der Waals surface area contributed by atoms with E-state index in [-0.39, 0.29) is 24.5 Å². The second kappa shape index (κ2) is 10.4. The van der Waals surface area contributed by atoms with Gasteiger partial charge in [0.05, 0.1) is 6.07 Å². The normalized spacial score (nSPS) is 11.6. The molecule has 0 saturated carbocycles. The van der Waals surface area contributed by atoms with Crippen LogP contribution in [0.2, 0.25) is 0 Å². The molecule has 27 heavy (non-hydrogen) atoms. The van der Waals surface area contributed by atoms with E-state index in [1.165, 1.54) is 12.1 Å². The minimum absolute atomic E-state index is 0.0408. The summed E-state index contributed by atoms with van der Waals surface area (Å²) in [6.07, 6.45) is 2.74. The molecule has 142 valence electrons. The number of hydrogen-bond acceptors (Lipinski definition) is 3. The summed E-state index contributed by atoms with van der Waals surface area (Å²) in [5, 5.41) is 8.51. The largest absolute Gasteiger partial charge is 0.451 e. The fourth-order valence-corrected chi connectivity index (χ4v) is 3.01. The average Bonchev–Trinajstić information content (AvgIpc) is 2.68. The fourth-order valence-electron chi connectivity index (χ4n) is 3.01. The standard InChI is InChI=1S/C22H23F2NO2/c1-2-16(8-6-9-17(26)10-7-15-25)19-13-14-20(23)22(21(19)24)27-18-11-4-3-5-12-18/h3-5,11-14,16H,2,6-10H2,1H3/t16-/m1/s1. The van der Waals surface area contributed by atoms with E-state index in [0.717, 1.165) is 0 Å². The number of rotatable bonds is 10. The van der Waals surface area contributed by atoms with Crippen LogP contribution in [-0.2, 0) is 4.79 Å². The maximum absolute atomic E-state index is 14.9.